The second-order valence-electron chi connectivity index (χ2n) is 8.26. The number of hydrogen-bond acceptors (Lipinski definition) is 4. The maximum absolute atomic E-state index is 13.1. The van der Waals surface area contributed by atoms with Gasteiger partial charge in [0, 0.05) is 32.0 Å². The molecule has 2 aromatic rings. The summed E-state index contributed by atoms with van der Waals surface area (Å²) in [5.41, 5.74) is -0.397. The topological polar surface area (TPSA) is 62.7 Å². The van der Waals surface area contributed by atoms with E-state index < -0.39 is 17.3 Å². The van der Waals surface area contributed by atoms with Gasteiger partial charge in [0.05, 0.1) is 36.3 Å². The molecule has 1 aromatic carbocycles. The fourth-order valence-electron chi connectivity index (χ4n) is 4.30. The number of aromatic nitrogens is 1. The summed E-state index contributed by atoms with van der Waals surface area (Å²) in [6, 6.07) is 8.49. The molecular weight excluding hydrogens is 423 g/mol. The van der Waals surface area contributed by atoms with Crippen molar-refractivity contribution in [2.75, 3.05) is 26.2 Å². The lowest BCUT2D eigenvalue weighted by Gasteiger charge is -2.42. The molecule has 0 atom stereocenters. The minimum Gasteiger partial charge on any atom is -0.372 e. The van der Waals surface area contributed by atoms with Crippen LogP contribution in [0.15, 0.2) is 48.8 Å². The van der Waals surface area contributed by atoms with Crippen molar-refractivity contribution in [3.63, 3.8) is 0 Å². The normalized spacial score (nSPS) is 19.2. The Balaban J connectivity index is 1.45. The Morgan fingerprint density at radius 3 is 2.62 bits per heavy atom. The van der Waals surface area contributed by atoms with Gasteiger partial charge in [-0.05, 0) is 42.7 Å². The lowest BCUT2D eigenvalue weighted by atomic mass is 9.90. The van der Waals surface area contributed by atoms with Gasteiger partial charge in [-0.15, -0.1) is 0 Å². The van der Waals surface area contributed by atoms with E-state index in [4.69, 9.17) is 4.74 Å². The second-order valence-corrected chi connectivity index (χ2v) is 8.26. The predicted molar refractivity (Wildman–Crippen MR) is 110 cm³/mol. The van der Waals surface area contributed by atoms with Crippen molar-refractivity contribution in [1.82, 2.24) is 14.8 Å². The number of carbonyl (C=O) groups excluding carboxylic acids is 2. The average molecular weight is 447 g/mol. The molecule has 2 aliphatic rings. The number of hydrogen-bond donors (Lipinski definition) is 0. The third-order valence-corrected chi connectivity index (χ3v) is 6.05. The van der Waals surface area contributed by atoms with E-state index in [1.165, 1.54) is 12.3 Å². The molecule has 9 heteroatoms. The monoisotopic (exact) mass is 447 g/mol. The van der Waals surface area contributed by atoms with Crippen molar-refractivity contribution in [1.29, 1.82) is 0 Å². The van der Waals surface area contributed by atoms with Crippen LogP contribution in [0.25, 0.3) is 0 Å². The molecule has 32 heavy (non-hydrogen) atoms. The van der Waals surface area contributed by atoms with Gasteiger partial charge in [0.1, 0.15) is 0 Å². The van der Waals surface area contributed by atoms with Crippen molar-refractivity contribution < 1.29 is 27.5 Å². The molecule has 1 spiro atoms. The molecule has 0 N–H and O–H groups in total. The standard InChI is InChI=1S/C23H24F3N3O3/c24-23(25,26)19-5-1-3-17(13-19)15-29-16-22(32-12-6-20(29)30)7-10-28(11-8-22)21(31)18-4-2-9-27-14-18/h1-5,9,13-14H,6-8,10-12,15-16H2. The smallest absolute Gasteiger partial charge is 0.372 e. The highest BCUT2D eigenvalue weighted by molar-refractivity contribution is 5.93. The molecule has 4 rings (SSSR count). The van der Waals surface area contributed by atoms with Crippen LogP contribution in [0.2, 0.25) is 0 Å². The highest BCUT2D eigenvalue weighted by Gasteiger charge is 2.41. The molecule has 0 aliphatic carbocycles. The second kappa shape index (κ2) is 8.90. The van der Waals surface area contributed by atoms with Gasteiger partial charge < -0.3 is 14.5 Å². The Morgan fingerprint density at radius 1 is 1.16 bits per heavy atom. The summed E-state index contributed by atoms with van der Waals surface area (Å²) < 4.78 is 45.3. The van der Waals surface area contributed by atoms with Crippen LogP contribution in [-0.4, -0.2) is 58.4 Å². The molecule has 1 aromatic heterocycles. The summed E-state index contributed by atoms with van der Waals surface area (Å²) in [4.78, 5) is 32.7. The van der Waals surface area contributed by atoms with E-state index in [0.717, 1.165) is 12.1 Å². The van der Waals surface area contributed by atoms with Crippen molar-refractivity contribution in [3.05, 3.63) is 65.5 Å². The van der Waals surface area contributed by atoms with Crippen LogP contribution in [0.1, 0.15) is 40.7 Å². The summed E-state index contributed by atoms with van der Waals surface area (Å²) >= 11 is 0. The van der Waals surface area contributed by atoms with Gasteiger partial charge in [-0.3, -0.25) is 14.6 Å². The Morgan fingerprint density at radius 2 is 1.94 bits per heavy atom. The molecule has 0 radical (unpaired) electrons. The number of amides is 2. The van der Waals surface area contributed by atoms with Gasteiger partial charge in [0.15, 0.2) is 0 Å². The van der Waals surface area contributed by atoms with Gasteiger partial charge in [-0.25, -0.2) is 0 Å². The molecule has 2 fully saturated rings. The minimum atomic E-state index is -4.43. The summed E-state index contributed by atoms with van der Waals surface area (Å²) in [5.74, 6) is -0.244. The van der Waals surface area contributed by atoms with E-state index in [9.17, 15) is 22.8 Å². The van der Waals surface area contributed by atoms with Crippen LogP contribution in [0.3, 0.4) is 0 Å². The number of rotatable bonds is 3. The number of alkyl halides is 3. The van der Waals surface area contributed by atoms with Crippen LogP contribution in [0, 0.1) is 0 Å². The van der Waals surface area contributed by atoms with Crippen molar-refractivity contribution >= 4 is 11.8 Å². The van der Waals surface area contributed by atoms with Gasteiger partial charge in [0.2, 0.25) is 5.91 Å². The van der Waals surface area contributed by atoms with Gasteiger partial charge >= 0.3 is 6.18 Å². The summed E-state index contributed by atoms with van der Waals surface area (Å²) in [6.45, 7) is 1.58. The lowest BCUT2D eigenvalue weighted by molar-refractivity contribution is -0.137. The Hall–Kier alpha value is -2.94. The maximum Gasteiger partial charge on any atom is 0.416 e. The third kappa shape index (κ3) is 4.93. The Kier molecular flexibility index (Phi) is 6.19. The molecule has 0 bridgehead atoms. The molecule has 3 heterocycles. The van der Waals surface area contributed by atoms with Gasteiger partial charge in [-0.2, -0.15) is 13.2 Å². The number of halogens is 3. The van der Waals surface area contributed by atoms with E-state index in [1.807, 2.05) is 0 Å². The zero-order chi connectivity index (χ0) is 22.8. The molecule has 170 valence electrons. The number of piperidine rings is 1. The molecule has 0 unspecified atom stereocenters. The number of likely N-dealkylation sites (tertiary alicyclic amines) is 1. The van der Waals surface area contributed by atoms with E-state index in [1.54, 1.807) is 34.2 Å². The van der Waals surface area contributed by atoms with E-state index in [-0.39, 0.29) is 37.9 Å². The number of ether oxygens (including phenoxy) is 1. The van der Waals surface area contributed by atoms with Crippen LogP contribution >= 0.6 is 0 Å². The van der Waals surface area contributed by atoms with Crippen LogP contribution in [0.5, 0.6) is 0 Å². The van der Waals surface area contributed by atoms with E-state index in [2.05, 4.69) is 4.98 Å². The number of pyridine rings is 1. The van der Waals surface area contributed by atoms with Gasteiger partial charge in [-0.1, -0.05) is 12.1 Å². The highest BCUT2D eigenvalue weighted by Crippen LogP contribution is 2.33. The maximum atomic E-state index is 13.1. The molecule has 0 saturated carbocycles. The van der Waals surface area contributed by atoms with E-state index >= 15 is 0 Å². The average Bonchev–Trinajstić information content (AvgIpc) is 2.93. The Bertz CT molecular complexity index is 973. The quantitative estimate of drug-likeness (QED) is 0.722. The number of carbonyl (C=O) groups is 2. The zero-order valence-corrected chi connectivity index (χ0v) is 17.5. The highest BCUT2D eigenvalue weighted by atomic mass is 19.4. The zero-order valence-electron chi connectivity index (χ0n) is 17.5. The number of benzene rings is 1. The largest absolute Gasteiger partial charge is 0.416 e. The predicted octanol–water partition coefficient (Wildman–Crippen LogP) is 3.52. The van der Waals surface area contributed by atoms with Crippen molar-refractivity contribution in [3.8, 4) is 0 Å². The summed E-state index contributed by atoms with van der Waals surface area (Å²) in [6.07, 6.45) is -0.0196. The minimum absolute atomic E-state index is 0.0895. The fraction of sp³-hybridized carbons (Fsp3) is 0.435. The number of nitrogens with zero attached hydrogens (tertiary/aromatic N) is 3. The molecular formula is C23H24F3N3O3. The lowest BCUT2D eigenvalue weighted by Crippen LogP contribution is -2.53. The van der Waals surface area contributed by atoms with Crippen molar-refractivity contribution in [2.24, 2.45) is 0 Å². The fourth-order valence-corrected chi connectivity index (χ4v) is 4.30. The van der Waals surface area contributed by atoms with Crippen LogP contribution < -0.4 is 0 Å². The van der Waals surface area contributed by atoms with Crippen molar-refractivity contribution in [2.45, 2.75) is 37.6 Å². The third-order valence-electron chi connectivity index (χ3n) is 6.05. The molecule has 2 amide bonds. The summed E-state index contributed by atoms with van der Waals surface area (Å²) in [5, 5.41) is 0. The van der Waals surface area contributed by atoms with E-state index in [0.29, 0.717) is 37.1 Å². The van der Waals surface area contributed by atoms with Gasteiger partial charge in [0.25, 0.3) is 5.91 Å². The van der Waals surface area contributed by atoms with Crippen LogP contribution in [0.4, 0.5) is 13.2 Å². The first-order valence-electron chi connectivity index (χ1n) is 10.5. The summed E-state index contributed by atoms with van der Waals surface area (Å²) in [7, 11) is 0. The Labute approximate surface area is 184 Å². The van der Waals surface area contributed by atoms with Crippen LogP contribution in [-0.2, 0) is 22.3 Å². The molecule has 6 nitrogen and oxygen atoms in total. The molecule has 2 saturated heterocycles. The molecule has 2 aliphatic heterocycles. The SMILES string of the molecule is O=C1CCOC2(CCN(C(=O)c3cccnc3)CC2)CN1Cc1cccc(C(F)(F)F)c1. The first-order valence-corrected chi connectivity index (χ1v) is 10.5. The first-order chi connectivity index (χ1) is 15.3. The first kappa shape index (κ1) is 22.3.